The van der Waals surface area contributed by atoms with E-state index in [9.17, 15) is 0 Å². The molecule has 0 aliphatic heterocycles. The van der Waals surface area contributed by atoms with Gasteiger partial charge in [0, 0.05) is 23.5 Å². The number of fused-ring (bicyclic) bond motifs is 1. The van der Waals surface area contributed by atoms with E-state index in [1.165, 1.54) is 10.8 Å². The number of nitrogens with zero attached hydrogens (tertiary/aromatic N) is 4. The van der Waals surface area contributed by atoms with Gasteiger partial charge >= 0.3 is 0 Å². The number of hydrogen-bond acceptors (Lipinski definition) is 6. The Morgan fingerprint density at radius 3 is 2.85 bits per heavy atom. The molecule has 20 heavy (non-hydrogen) atoms. The Morgan fingerprint density at radius 2 is 2.05 bits per heavy atom. The third-order valence-electron chi connectivity index (χ3n) is 2.75. The van der Waals surface area contributed by atoms with Crippen LogP contribution in [0.2, 0.25) is 0 Å². The molecule has 2 N–H and O–H groups in total. The monoisotopic (exact) mass is 271 g/mol. The molecule has 7 nitrogen and oxygen atoms in total. The van der Waals surface area contributed by atoms with Crippen molar-refractivity contribution in [3.63, 3.8) is 0 Å². The summed E-state index contributed by atoms with van der Waals surface area (Å²) in [5.74, 6) is 2.06. The van der Waals surface area contributed by atoms with E-state index in [1.807, 2.05) is 6.92 Å². The van der Waals surface area contributed by atoms with Crippen molar-refractivity contribution in [2.24, 2.45) is 0 Å². The third-order valence-corrected chi connectivity index (χ3v) is 2.75. The van der Waals surface area contributed by atoms with Crippen molar-refractivity contribution in [1.82, 2.24) is 19.6 Å². The zero-order valence-corrected chi connectivity index (χ0v) is 11.1. The normalized spacial score (nSPS) is 10.7. The van der Waals surface area contributed by atoms with Crippen LogP contribution in [0.25, 0.3) is 5.78 Å². The highest BCUT2D eigenvalue weighted by molar-refractivity contribution is 5.53. The second-order valence-corrected chi connectivity index (χ2v) is 4.22. The van der Waals surface area contributed by atoms with Gasteiger partial charge in [0.1, 0.15) is 6.33 Å². The maximum Gasteiger partial charge on any atom is 0.255 e. The van der Waals surface area contributed by atoms with Crippen molar-refractivity contribution in [3.05, 3.63) is 36.3 Å². The lowest BCUT2D eigenvalue weighted by atomic mass is 10.3. The topological polar surface area (TPSA) is 87.6 Å². The summed E-state index contributed by atoms with van der Waals surface area (Å²) in [5, 5.41) is 4.08. The quantitative estimate of drug-likeness (QED) is 0.731. The molecule has 0 spiro atoms. The molecule has 2 aromatic heterocycles. The molecule has 3 aromatic rings. The van der Waals surface area contributed by atoms with Crippen molar-refractivity contribution in [3.8, 4) is 17.4 Å². The van der Waals surface area contributed by atoms with Crippen molar-refractivity contribution in [1.29, 1.82) is 0 Å². The summed E-state index contributed by atoms with van der Waals surface area (Å²) in [6.45, 7) is 1.86. The first-order valence-electron chi connectivity index (χ1n) is 5.96. The highest BCUT2D eigenvalue weighted by Crippen LogP contribution is 2.33. The second kappa shape index (κ2) is 4.69. The fourth-order valence-electron chi connectivity index (χ4n) is 1.86. The smallest absolute Gasteiger partial charge is 0.255 e. The molecular formula is C13H13N5O2. The van der Waals surface area contributed by atoms with Crippen LogP contribution in [-0.4, -0.2) is 26.7 Å². The average Bonchev–Trinajstić information content (AvgIpc) is 2.87. The van der Waals surface area contributed by atoms with Gasteiger partial charge in [-0.15, -0.1) is 0 Å². The van der Waals surface area contributed by atoms with E-state index < -0.39 is 0 Å². The van der Waals surface area contributed by atoms with Crippen molar-refractivity contribution >= 4 is 11.5 Å². The first kappa shape index (κ1) is 12.2. The molecule has 102 valence electrons. The fourth-order valence-corrected chi connectivity index (χ4v) is 1.86. The molecule has 0 saturated heterocycles. The zero-order valence-electron chi connectivity index (χ0n) is 11.1. The van der Waals surface area contributed by atoms with Gasteiger partial charge in [-0.1, -0.05) is 0 Å². The molecule has 0 saturated carbocycles. The van der Waals surface area contributed by atoms with E-state index in [0.29, 0.717) is 28.8 Å². The number of hydrogen-bond donors (Lipinski definition) is 1. The Kier molecular flexibility index (Phi) is 2.86. The van der Waals surface area contributed by atoms with Crippen LogP contribution < -0.4 is 15.2 Å². The number of benzene rings is 1. The molecular weight excluding hydrogens is 258 g/mol. The number of rotatable bonds is 3. The summed E-state index contributed by atoms with van der Waals surface area (Å²) in [5.41, 5.74) is 7.14. The lowest BCUT2D eigenvalue weighted by Crippen LogP contribution is -2.00. The third kappa shape index (κ3) is 2.09. The van der Waals surface area contributed by atoms with E-state index in [-0.39, 0.29) is 0 Å². The van der Waals surface area contributed by atoms with E-state index in [1.54, 1.807) is 31.4 Å². The fraction of sp³-hybridized carbons (Fsp3) is 0.154. The van der Waals surface area contributed by atoms with Crippen molar-refractivity contribution in [2.75, 3.05) is 12.8 Å². The summed E-state index contributed by atoms with van der Waals surface area (Å²) in [4.78, 5) is 8.30. The Labute approximate surface area is 115 Å². The number of aryl methyl sites for hydroxylation is 1. The van der Waals surface area contributed by atoms with Crippen LogP contribution in [0.1, 0.15) is 5.69 Å². The highest BCUT2D eigenvalue weighted by Gasteiger charge is 2.11. The number of aromatic nitrogens is 4. The first-order chi connectivity index (χ1) is 9.67. The number of ether oxygens (including phenoxy) is 2. The standard InChI is InChI=1S/C13H13N5O2/c1-8-5-12(18-13(17-8)15-7-16-18)20-11-6-9(14)3-4-10(11)19-2/h3-7H,14H2,1-2H3. The molecule has 0 radical (unpaired) electrons. The van der Waals surface area contributed by atoms with Gasteiger partial charge in [0.15, 0.2) is 11.5 Å². The van der Waals surface area contributed by atoms with Gasteiger partial charge in [-0.3, -0.25) is 0 Å². The van der Waals surface area contributed by atoms with Crippen LogP contribution in [-0.2, 0) is 0 Å². The molecule has 0 atom stereocenters. The minimum absolute atomic E-state index is 0.475. The lowest BCUT2D eigenvalue weighted by Gasteiger charge is -2.11. The van der Waals surface area contributed by atoms with Crippen LogP contribution >= 0.6 is 0 Å². The van der Waals surface area contributed by atoms with Crippen LogP contribution in [0, 0.1) is 6.92 Å². The van der Waals surface area contributed by atoms with Gasteiger partial charge in [-0.25, -0.2) is 4.98 Å². The minimum atomic E-state index is 0.475. The van der Waals surface area contributed by atoms with Gasteiger partial charge in [-0.2, -0.15) is 14.6 Å². The summed E-state index contributed by atoms with van der Waals surface area (Å²) in [6.07, 6.45) is 1.42. The predicted molar refractivity (Wildman–Crippen MR) is 73.0 cm³/mol. The maximum atomic E-state index is 5.85. The predicted octanol–water partition coefficient (Wildman–Crippen LogP) is 1.82. The molecule has 1 aromatic carbocycles. The minimum Gasteiger partial charge on any atom is -0.493 e. The van der Waals surface area contributed by atoms with Crippen LogP contribution in [0.3, 0.4) is 0 Å². The highest BCUT2D eigenvalue weighted by atomic mass is 16.5. The van der Waals surface area contributed by atoms with Crippen LogP contribution in [0.5, 0.6) is 17.4 Å². The maximum absolute atomic E-state index is 5.85. The molecule has 3 rings (SSSR count). The molecule has 2 heterocycles. The molecule has 0 amide bonds. The lowest BCUT2D eigenvalue weighted by molar-refractivity contribution is 0.370. The van der Waals surface area contributed by atoms with E-state index in [0.717, 1.165) is 5.69 Å². The molecule has 7 heteroatoms. The van der Waals surface area contributed by atoms with Crippen molar-refractivity contribution in [2.45, 2.75) is 6.92 Å². The average molecular weight is 271 g/mol. The van der Waals surface area contributed by atoms with E-state index in [2.05, 4.69) is 15.1 Å². The molecule has 0 aliphatic rings. The number of nitrogen functional groups attached to an aromatic ring is 1. The van der Waals surface area contributed by atoms with E-state index >= 15 is 0 Å². The Hall–Kier alpha value is -2.83. The zero-order chi connectivity index (χ0) is 14.1. The van der Waals surface area contributed by atoms with Crippen LogP contribution in [0.4, 0.5) is 5.69 Å². The van der Waals surface area contributed by atoms with Crippen LogP contribution in [0.15, 0.2) is 30.6 Å². The van der Waals surface area contributed by atoms with Gasteiger partial charge < -0.3 is 15.2 Å². The molecule has 0 aliphatic carbocycles. The summed E-state index contributed by atoms with van der Waals surface area (Å²) >= 11 is 0. The largest absolute Gasteiger partial charge is 0.493 e. The number of methoxy groups -OCH3 is 1. The summed E-state index contributed by atoms with van der Waals surface area (Å²) in [7, 11) is 1.57. The van der Waals surface area contributed by atoms with Gasteiger partial charge in [-0.05, 0) is 19.1 Å². The second-order valence-electron chi connectivity index (χ2n) is 4.22. The number of anilines is 1. The Bertz CT molecular complexity index is 769. The summed E-state index contributed by atoms with van der Waals surface area (Å²) in [6, 6.07) is 6.95. The summed E-state index contributed by atoms with van der Waals surface area (Å²) < 4.78 is 12.6. The molecule has 0 unspecified atom stereocenters. The van der Waals surface area contributed by atoms with Gasteiger partial charge in [0.25, 0.3) is 5.78 Å². The van der Waals surface area contributed by atoms with E-state index in [4.69, 9.17) is 15.2 Å². The Balaban J connectivity index is 2.09. The molecule has 0 fully saturated rings. The van der Waals surface area contributed by atoms with Gasteiger partial charge in [0.05, 0.1) is 7.11 Å². The SMILES string of the molecule is COc1ccc(N)cc1Oc1cc(C)nc2ncnn12. The van der Waals surface area contributed by atoms with Crippen molar-refractivity contribution < 1.29 is 9.47 Å². The molecule has 0 bridgehead atoms. The Morgan fingerprint density at radius 1 is 1.20 bits per heavy atom. The number of nitrogens with two attached hydrogens (primary N) is 1. The first-order valence-corrected chi connectivity index (χ1v) is 5.96. The van der Waals surface area contributed by atoms with Gasteiger partial charge in [0.2, 0.25) is 5.88 Å².